The number of aryl methyl sites for hydroxylation is 2. The van der Waals surface area contributed by atoms with E-state index in [1.54, 1.807) is 0 Å². The first-order valence-electron chi connectivity index (χ1n) is 7.04. The lowest BCUT2D eigenvalue weighted by atomic mass is 10.1. The predicted octanol–water partition coefficient (Wildman–Crippen LogP) is 2.71. The van der Waals surface area contributed by atoms with Gasteiger partial charge in [0.05, 0.1) is 5.75 Å². The lowest BCUT2D eigenvalue weighted by molar-refractivity contribution is 0.318. The monoisotopic (exact) mass is 299 g/mol. The van der Waals surface area contributed by atoms with Gasteiger partial charge in [-0.1, -0.05) is 25.5 Å². The van der Waals surface area contributed by atoms with E-state index < -0.39 is 10.0 Å². The summed E-state index contributed by atoms with van der Waals surface area (Å²) in [6.45, 7) is 8.67. The van der Waals surface area contributed by atoms with E-state index in [0.29, 0.717) is 19.6 Å². The zero-order chi connectivity index (χ0) is 15.2. The Morgan fingerprint density at radius 3 is 2.45 bits per heavy atom. The van der Waals surface area contributed by atoms with Gasteiger partial charge >= 0.3 is 0 Å². The summed E-state index contributed by atoms with van der Waals surface area (Å²) in [6.07, 6.45) is 1.56. The Morgan fingerprint density at radius 1 is 1.15 bits per heavy atom. The molecule has 0 saturated carbocycles. The number of unbranched alkanes of at least 4 members (excludes halogenated alkanes) is 1. The number of hydrogen-bond donors (Lipinski definition) is 1. The molecule has 0 aliphatic carbocycles. The topological polar surface area (TPSA) is 55.4 Å². The Balaban J connectivity index is 2.48. The van der Waals surface area contributed by atoms with Gasteiger partial charge in [0.15, 0.2) is 0 Å². The molecule has 0 heterocycles. The highest BCUT2D eigenvalue weighted by atomic mass is 32.2. The van der Waals surface area contributed by atoms with Crippen LogP contribution in [0.15, 0.2) is 12.1 Å². The van der Waals surface area contributed by atoms with E-state index in [1.807, 2.05) is 33.8 Å². The summed E-state index contributed by atoms with van der Waals surface area (Å²) in [6, 6.07) is 4.08. The first-order valence-corrected chi connectivity index (χ1v) is 8.69. The zero-order valence-corrected chi connectivity index (χ0v) is 13.6. The number of benzene rings is 1. The number of sulfonamides is 1. The molecule has 0 aromatic heterocycles. The SMILES string of the molecule is CCCCS(=O)(=O)NCCOc1c(C)ccc(C)c1C. The number of nitrogens with one attached hydrogen (secondary N) is 1. The van der Waals surface area contributed by atoms with Gasteiger partial charge in [-0.05, 0) is 43.9 Å². The summed E-state index contributed by atoms with van der Waals surface area (Å²) in [5, 5.41) is 0. The highest BCUT2D eigenvalue weighted by Crippen LogP contribution is 2.25. The molecule has 5 heteroatoms. The van der Waals surface area contributed by atoms with E-state index in [4.69, 9.17) is 4.74 Å². The Morgan fingerprint density at radius 2 is 1.80 bits per heavy atom. The van der Waals surface area contributed by atoms with Gasteiger partial charge in [0.2, 0.25) is 10.0 Å². The average molecular weight is 299 g/mol. The van der Waals surface area contributed by atoms with Gasteiger partial charge in [-0.3, -0.25) is 0 Å². The second-order valence-corrected chi connectivity index (χ2v) is 7.00. The summed E-state index contributed by atoms with van der Waals surface area (Å²) < 4.78 is 31.5. The standard InChI is InChI=1S/C15H25NO3S/c1-5-6-11-20(17,18)16-9-10-19-15-13(3)8-7-12(2)14(15)4/h7-8,16H,5-6,9-11H2,1-4H3. The van der Waals surface area contributed by atoms with Crippen molar-refractivity contribution in [1.82, 2.24) is 4.72 Å². The molecule has 0 radical (unpaired) electrons. The Labute approximate surface area is 122 Å². The molecule has 0 unspecified atom stereocenters. The predicted molar refractivity (Wildman–Crippen MR) is 82.8 cm³/mol. The Kier molecular flexibility index (Phi) is 6.49. The van der Waals surface area contributed by atoms with Crippen LogP contribution in [0.1, 0.15) is 36.5 Å². The minimum atomic E-state index is -3.16. The molecule has 0 aliphatic rings. The fourth-order valence-electron chi connectivity index (χ4n) is 1.90. The minimum absolute atomic E-state index is 0.187. The zero-order valence-electron chi connectivity index (χ0n) is 12.8. The first kappa shape index (κ1) is 17.0. The van der Waals surface area contributed by atoms with Crippen molar-refractivity contribution < 1.29 is 13.2 Å². The molecule has 0 aliphatic heterocycles. The maximum absolute atomic E-state index is 11.6. The van der Waals surface area contributed by atoms with Crippen molar-refractivity contribution in [3.63, 3.8) is 0 Å². The van der Waals surface area contributed by atoms with Gasteiger partial charge in [0.1, 0.15) is 12.4 Å². The average Bonchev–Trinajstić information content (AvgIpc) is 2.40. The van der Waals surface area contributed by atoms with Crippen molar-refractivity contribution >= 4 is 10.0 Å². The highest BCUT2D eigenvalue weighted by molar-refractivity contribution is 7.89. The van der Waals surface area contributed by atoms with Crippen molar-refractivity contribution in [1.29, 1.82) is 0 Å². The van der Waals surface area contributed by atoms with Crippen molar-refractivity contribution in [2.75, 3.05) is 18.9 Å². The van der Waals surface area contributed by atoms with Crippen LogP contribution in [0.25, 0.3) is 0 Å². The van der Waals surface area contributed by atoms with E-state index in [2.05, 4.69) is 10.8 Å². The van der Waals surface area contributed by atoms with Gasteiger partial charge in [0, 0.05) is 6.54 Å². The third-order valence-electron chi connectivity index (χ3n) is 3.31. The Bertz CT molecular complexity index is 538. The number of rotatable bonds is 8. The van der Waals surface area contributed by atoms with Crippen LogP contribution in [0.2, 0.25) is 0 Å². The fourth-order valence-corrected chi connectivity index (χ4v) is 3.11. The van der Waals surface area contributed by atoms with Gasteiger partial charge in [-0.2, -0.15) is 0 Å². The summed E-state index contributed by atoms with van der Waals surface area (Å²) in [5.74, 6) is 1.05. The van der Waals surface area contributed by atoms with Crippen LogP contribution in [0.4, 0.5) is 0 Å². The minimum Gasteiger partial charge on any atom is -0.492 e. The largest absolute Gasteiger partial charge is 0.492 e. The smallest absolute Gasteiger partial charge is 0.211 e. The summed E-state index contributed by atoms with van der Waals surface area (Å²) in [5.41, 5.74) is 3.36. The lowest BCUT2D eigenvalue weighted by Gasteiger charge is -2.14. The molecule has 1 aromatic rings. The molecule has 0 spiro atoms. The fraction of sp³-hybridized carbons (Fsp3) is 0.600. The maximum Gasteiger partial charge on any atom is 0.211 e. The van der Waals surface area contributed by atoms with Gasteiger partial charge in [0.25, 0.3) is 0 Å². The molecule has 4 nitrogen and oxygen atoms in total. The molecule has 0 amide bonds. The third kappa shape index (κ3) is 5.13. The van der Waals surface area contributed by atoms with E-state index >= 15 is 0 Å². The molecule has 0 bridgehead atoms. The molecule has 0 fully saturated rings. The molecule has 1 aromatic carbocycles. The molecule has 114 valence electrons. The molecule has 1 rings (SSSR count). The maximum atomic E-state index is 11.6. The first-order chi connectivity index (χ1) is 9.37. The number of hydrogen-bond acceptors (Lipinski definition) is 3. The van der Waals surface area contributed by atoms with Crippen molar-refractivity contribution in [2.45, 2.75) is 40.5 Å². The van der Waals surface area contributed by atoms with Gasteiger partial charge in [-0.25, -0.2) is 13.1 Å². The second-order valence-electron chi connectivity index (χ2n) is 5.07. The summed E-state index contributed by atoms with van der Waals surface area (Å²) >= 11 is 0. The van der Waals surface area contributed by atoms with Crippen LogP contribution < -0.4 is 9.46 Å². The van der Waals surface area contributed by atoms with E-state index in [0.717, 1.165) is 23.3 Å². The molecular weight excluding hydrogens is 274 g/mol. The van der Waals surface area contributed by atoms with Crippen molar-refractivity contribution in [2.24, 2.45) is 0 Å². The van der Waals surface area contributed by atoms with Crippen LogP contribution in [0.5, 0.6) is 5.75 Å². The van der Waals surface area contributed by atoms with E-state index in [1.165, 1.54) is 5.56 Å². The molecule has 1 N–H and O–H groups in total. The highest BCUT2D eigenvalue weighted by Gasteiger charge is 2.09. The second kappa shape index (κ2) is 7.64. The summed E-state index contributed by atoms with van der Waals surface area (Å²) in [7, 11) is -3.16. The van der Waals surface area contributed by atoms with Crippen LogP contribution in [-0.4, -0.2) is 27.3 Å². The van der Waals surface area contributed by atoms with Gasteiger partial charge < -0.3 is 4.74 Å². The van der Waals surface area contributed by atoms with E-state index in [-0.39, 0.29) is 5.75 Å². The molecule has 20 heavy (non-hydrogen) atoms. The van der Waals surface area contributed by atoms with Crippen LogP contribution >= 0.6 is 0 Å². The van der Waals surface area contributed by atoms with Crippen LogP contribution in [-0.2, 0) is 10.0 Å². The van der Waals surface area contributed by atoms with Crippen LogP contribution in [0, 0.1) is 20.8 Å². The normalized spacial score (nSPS) is 11.6. The lowest BCUT2D eigenvalue weighted by Crippen LogP contribution is -2.30. The Hall–Kier alpha value is -1.07. The van der Waals surface area contributed by atoms with Crippen molar-refractivity contribution in [3.05, 3.63) is 28.8 Å². The number of ether oxygens (including phenoxy) is 1. The molecule has 0 saturated heterocycles. The summed E-state index contributed by atoms with van der Waals surface area (Å²) in [4.78, 5) is 0. The molecular formula is C15H25NO3S. The third-order valence-corrected chi connectivity index (χ3v) is 4.78. The van der Waals surface area contributed by atoms with Crippen LogP contribution in [0.3, 0.4) is 0 Å². The van der Waals surface area contributed by atoms with E-state index in [9.17, 15) is 8.42 Å². The quantitative estimate of drug-likeness (QED) is 0.751. The molecule has 0 atom stereocenters. The van der Waals surface area contributed by atoms with Gasteiger partial charge in [-0.15, -0.1) is 0 Å². The van der Waals surface area contributed by atoms with Crippen molar-refractivity contribution in [3.8, 4) is 5.75 Å².